The lowest BCUT2D eigenvalue weighted by Crippen LogP contribution is -2.36. The summed E-state index contributed by atoms with van der Waals surface area (Å²) in [4.78, 5) is 13.1. The Bertz CT molecular complexity index is 1570. The van der Waals surface area contributed by atoms with Crippen molar-refractivity contribution in [3.8, 4) is 5.75 Å². The molecule has 3 aromatic carbocycles. The van der Waals surface area contributed by atoms with E-state index < -0.39 is 32.1 Å². The fourth-order valence-corrected chi connectivity index (χ4v) is 5.54. The molecule has 0 aliphatic heterocycles. The molecule has 1 amide bonds. The summed E-state index contributed by atoms with van der Waals surface area (Å²) in [5.74, 6) is -0.766. The van der Waals surface area contributed by atoms with Crippen molar-refractivity contribution in [3.05, 3.63) is 78.4 Å². The normalized spacial score (nSPS) is 13.0. The second kappa shape index (κ2) is 9.70. The average molecular weight is 533 g/mol. The third kappa shape index (κ3) is 5.32. The molecule has 0 saturated heterocycles. The highest BCUT2D eigenvalue weighted by atomic mass is 32.2. The molecule has 13 heteroatoms. The van der Waals surface area contributed by atoms with E-state index in [0.717, 1.165) is 16.0 Å². The summed E-state index contributed by atoms with van der Waals surface area (Å²) < 4.78 is 67.4. The molecule has 0 saturated carbocycles. The number of ether oxygens (including phenoxy) is 1. The highest BCUT2D eigenvalue weighted by Crippen LogP contribution is 2.27. The Morgan fingerprint density at radius 3 is 2.20 bits per heavy atom. The van der Waals surface area contributed by atoms with Crippen LogP contribution in [0.15, 0.2) is 82.6 Å². The molecule has 0 spiro atoms. The number of hydrogen-bond donors (Lipinski definition) is 1. The van der Waals surface area contributed by atoms with Crippen LogP contribution in [0.5, 0.6) is 5.75 Å². The molecule has 0 aliphatic carbocycles. The van der Waals surface area contributed by atoms with Gasteiger partial charge in [0.1, 0.15) is 16.8 Å². The summed E-state index contributed by atoms with van der Waals surface area (Å²) in [6.07, 6.45) is -1.38. The van der Waals surface area contributed by atoms with Gasteiger partial charge in [0.2, 0.25) is 16.1 Å². The van der Waals surface area contributed by atoms with Crippen molar-refractivity contribution in [3.63, 3.8) is 0 Å². The number of nitrogens with zero attached hydrogens (tertiary/aromatic N) is 3. The van der Waals surface area contributed by atoms with Crippen LogP contribution in [0.4, 0.5) is 0 Å². The van der Waals surface area contributed by atoms with Crippen molar-refractivity contribution < 1.29 is 26.4 Å². The molecule has 0 bridgehead atoms. The third-order valence-electron chi connectivity index (χ3n) is 4.96. The molecule has 35 heavy (non-hydrogen) atoms. The van der Waals surface area contributed by atoms with Crippen molar-refractivity contribution >= 4 is 48.7 Å². The van der Waals surface area contributed by atoms with E-state index in [9.17, 15) is 21.6 Å². The van der Waals surface area contributed by atoms with Gasteiger partial charge in [0, 0.05) is 19.7 Å². The Hall–Kier alpha value is -3.39. The van der Waals surface area contributed by atoms with Gasteiger partial charge in [-0.25, -0.2) is 25.9 Å². The SMILES string of the molecule is CN(C)S(=O)(=O)c1ccc(OC(C(=O)NS(=O)(=O)c2ccccc2)c2ccc3nsnc3c2)cc1. The van der Waals surface area contributed by atoms with Crippen molar-refractivity contribution in [2.45, 2.75) is 15.9 Å². The molecule has 1 N–H and O–H groups in total. The minimum atomic E-state index is -4.16. The Labute approximate surface area is 206 Å². The fraction of sp³-hybridized carbons (Fsp3) is 0.136. The predicted octanol–water partition coefficient (Wildman–Crippen LogP) is 2.57. The predicted molar refractivity (Wildman–Crippen MR) is 130 cm³/mol. The van der Waals surface area contributed by atoms with Gasteiger partial charge in [-0.15, -0.1) is 0 Å². The van der Waals surface area contributed by atoms with Gasteiger partial charge in [0.15, 0.2) is 0 Å². The molecule has 1 aromatic heterocycles. The van der Waals surface area contributed by atoms with E-state index in [-0.39, 0.29) is 15.5 Å². The minimum Gasteiger partial charge on any atom is -0.476 e. The first-order valence-electron chi connectivity index (χ1n) is 10.1. The van der Waals surface area contributed by atoms with Gasteiger partial charge < -0.3 is 4.74 Å². The fourth-order valence-electron chi connectivity index (χ4n) is 3.12. The zero-order chi connectivity index (χ0) is 25.2. The van der Waals surface area contributed by atoms with Gasteiger partial charge in [-0.05, 0) is 48.5 Å². The van der Waals surface area contributed by atoms with Crippen molar-refractivity contribution in [1.29, 1.82) is 0 Å². The summed E-state index contributed by atoms with van der Waals surface area (Å²) in [6.45, 7) is 0. The molecule has 1 atom stereocenters. The Kier molecular flexibility index (Phi) is 6.85. The Balaban J connectivity index is 1.67. The summed E-state index contributed by atoms with van der Waals surface area (Å²) >= 11 is 1.00. The van der Waals surface area contributed by atoms with Crippen LogP contribution in [-0.4, -0.2) is 49.9 Å². The van der Waals surface area contributed by atoms with Crippen LogP contribution in [0.25, 0.3) is 11.0 Å². The van der Waals surface area contributed by atoms with Crippen LogP contribution >= 0.6 is 11.7 Å². The Morgan fingerprint density at radius 1 is 0.886 bits per heavy atom. The maximum Gasteiger partial charge on any atom is 0.279 e. The van der Waals surface area contributed by atoms with Gasteiger partial charge >= 0.3 is 0 Å². The summed E-state index contributed by atoms with van der Waals surface area (Å²) in [7, 11) is -4.99. The van der Waals surface area contributed by atoms with E-state index in [1.165, 1.54) is 50.5 Å². The lowest BCUT2D eigenvalue weighted by Gasteiger charge is -2.20. The number of hydrogen-bond acceptors (Lipinski definition) is 9. The lowest BCUT2D eigenvalue weighted by atomic mass is 10.1. The number of benzene rings is 3. The first-order chi connectivity index (χ1) is 16.6. The molecule has 0 radical (unpaired) electrons. The molecule has 10 nitrogen and oxygen atoms in total. The van der Waals surface area contributed by atoms with Crippen LogP contribution < -0.4 is 9.46 Å². The van der Waals surface area contributed by atoms with E-state index >= 15 is 0 Å². The van der Waals surface area contributed by atoms with Gasteiger partial charge in [-0.3, -0.25) is 4.79 Å². The molecule has 0 aliphatic rings. The van der Waals surface area contributed by atoms with Gasteiger partial charge in [-0.2, -0.15) is 8.75 Å². The highest BCUT2D eigenvalue weighted by Gasteiger charge is 2.29. The standard InChI is InChI=1S/C22H20N4O6S3/c1-26(2)35(30,31)18-11-9-16(10-12-18)32-21(15-8-13-19-20(14-15)24-33-23-19)22(27)25-34(28,29)17-6-4-3-5-7-17/h3-14,21H,1-2H3,(H,25,27). The summed E-state index contributed by atoms with van der Waals surface area (Å²) in [5, 5.41) is 0. The molecule has 4 aromatic rings. The number of fused-ring (bicyclic) bond motifs is 1. The number of carbonyl (C=O) groups is 1. The second-order valence-corrected chi connectivity index (χ2v) is 11.9. The quantitative estimate of drug-likeness (QED) is 0.366. The van der Waals surface area contributed by atoms with E-state index in [1.807, 2.05) is 0 Å². The van der Waals surface area contributed by atoms with Gasteiger partial charge in [0.25, 0.3) is 15.9 Å². The average Bonchev–Trinajstić information content (AvgIpc) is 3.31. The number of rotatable bonds is 8. The van der Waals surface area contributed by atoms with Crippen LogP contribution in [0.3, 0.4) is 0 Å². The lowest BCUT2D eigenvalue weighted by molar-refractivity contribution is -0.126. The first kappa shape index (κ1) is 24.7. The van der Waals surface area contributed by atoms with Crippen molar-refractivity contribution in [2.24, 2.45) is 0 Å². The summed E-state index contributed by atoms with van der Waals surface area (Å²) in [6, 6.07) is 17.8. The van der Waals surface area contributed by atoms with E-state index in [1.54, 1.807) is 36.4 Å². The third-order valence-corrected chi connectivity index (χ3v) is 8.71. The zero-order valence-corrected chi connectivity index (χ0v) is 21.0. The molecule has 182 valence electrons. The largest absolute Gasteiger partial charge is 0.476 e. The monoisotopic (exact) mass is 532 g/mol. The maximum absolute atomic E-state index is 13.2. The van der Waals surface area contributed by atoms with Crippen molar-refractivity contribution in [2.75, 3.05) is 14.1 Å². The van der Waals surface area contributed by atoms with Crippen LogP contribution in [0.2, 0.25) is 0 Å². The topological polar surface area (TPSA) is 136 Å². The highest BCUT2D eigenvalue weighted by molar-refractivity contribution is 7.90. The maximum atomic E-state index is 13.2. The second-order valence-electron chi connectivity index (χ2n) is 7.55. The molecule has 0 fully saturated rings. The number of amides is 1. The molecule has 1 unspecified atom stereocenters. The van der Waals surface area contributed by atoms with E-state index in [0.29, 0.717) is 16.6 Å². The molecular weight excluding hydrogens is 512 g/mol. The number of nitrogens with one attached hydrogen (secondary N) is 1. The first-order valence-corrected chi connectivity index (χ1v) is 13.8. The van der Waals surface area contributed by atoms with E-state index in [4.69, 9.17) is 4.74 Å². The van der Waals surface area contributed by atoms with Crippen LogP contribution in [0.1, 0.15) is 11.7 Å². The zero-order valence-electron chi connectivity index (χ0n) is 18.5. The number of sulfonamides is 2. The van der Waals surface area contributed by atoms with E-state index in [2.05, 4.69) is 13.5 Å². The Morgan fingerprint density at radius 2 is 1.54 bits per heavy atom. The number of carbonyl (C=O) groups excluding carboxylic acids is 1. The van der Waals surface area contributed by atoms with Gasteiger partial charge in [-0.1, -0.05) is 24.3 Å². The molecule has 1 heterocycles. The van der Waals surface area contributed by atoms with Crippen LogP contribution in [-0.2, 0) is 24.8 Å². The van der Waals surface area contributed by atoms with Crippen LogP contribution in [0, 0.1) is 0 Å². The molecule has 4 rings (SSSR count). The molecular formula is C22H20N4O6S3. The van der Waals surface area contributed by atoms with Crippen molar-refractivity contribution in [1.82, 2.24) is 17.8 Å². The number of aromatic nitrogens is 2. The van der Waals surface area contributed by atoms with Gasteiger partial charge in [0.05, 0.1) is 21.5 Å². The minimum absolute atomic E-state index is 0.0393. The summed E-state index contributed by atoms with van der Waals surface area (Å²) in [5.41, 5.74) is 1.48. The smallest absolute Gasteiger partial charge is 0.279 e.